The third-order valence-corrected chi connectivity index (χ3v) is 4.38. The van der Waals surface area contributed by atoms with Crippen molar-refractivity contribution in [1.29, 1.82) is 0 Å². The first kappa shape index (κ1) is 14.3. The number of thiazole rings is 1. The van der Waals surface area contributed by atoms with Crippen LogP contribution in [0.2, 0.25) is 0 Å². The van der Waals surface area contributed by atoms with Crippen LogP contribution in [0.5, 0.6) is 5.75 Å². The summed E-state index contributed by atoms with van der Waals surface area (Å²) < 4.78 is 7.55. The molecule has 0 atom stereocenters. The van der Waals surface area contributed by atoms with Gasteiger partial charge in [0, 0.05) is 18.3 Å². The molecule has 3 aromatic rings. The van der Waals surface area contributed by atoms with Gasteiger partial charge in [0.15, 0.2) is 0 Å². The molecule has 1 aromatic heterocycles. The minimum Gasteiger partial charge on any atom is -0.497 e. The second-order valence-corrected chi connectivity index (χ2v) is 5.79. The largest absolute Gasteiger partial charge is 0.497 e. The fourth-order valence-corrected chi connectivity index (χ4v) is 3.10. The molecule has 0 saturated carbocycles. The van der Waals surface area contributed by atoms with E-state index in [1.807, 2.05) is 6.07 Å². The van der Waals surface area contributed by atoms with E-state index in [4.69, 9.17) is 4.74 Å². The first-order valence-electron chi connectivity index (χ1n) is 6.63. The van der Waals surface area contributed by atoms with Gasteiger partial charge in [-0.15, -0.1) is 0 Å². The molecule has 0 saturated heterocycles. The van der Waals surface area contributed by atoms with Crippen LogP contribution in [0.25, 0.3) is 10.2 Å². The smallest absolute Gasteiger partial charge is 0.307 e. The number of ether oxygens (including phenoxy) is 1. The number of carbonyl (C=O) groups excluding carboxylic acids is 1. The van der Waals surface area contributed by atoms with Gasteiger partial charge in [0.2, 0.25) is 0 Å². The first-order valence-corrected chi connectivity index (χ1v) is 7.45. The van der Waals surface area contributed by atoms with Crippen LogP contribution in [0.3, 0.4) is 0 Å². The van der Waals surface area contributed by atoms with Gasteiger partial charge in [-0.1, -0.05) is 17.4 Å². The van der Waals surface area contributed by atoms with Crippen molar-refractivity contribution in [1.82, 2.24) is 4.57 Å². The van der Waals surface area contributed by atoms with Crippen LogP contribution in [0.1, 0.15) is 10.4 Å². The molecule has 0 aliphatic heterocycles. The highest BCUT2D eigenvalue weighted by Crippen LogP contribution is 2.22. The number of methoxy groups -OCH3 is 1. The molecule has 0 radical (unpaired) electrons. The van der Waals surface area contributed by atoms with Gasteiger partial charge in [-0.05, 0) is 36.4 Å². The maximum Gasteiger partial charge on any atom is 0.307 e. The Morgan fingerprint density at radius 1 is 1.23 bits per heavy atom. The first-order chi connectivity index (χ1) is 10.6. The van der Waals surface area contributed by atoms with E-state index >= 15 is 0 Å². The van der Waals surface area contributed by atoms with Gasteiger partial charge in [0.1, 0.15) is 5.75 Å². The molecule has 0 unspecified atom stereocenters. The quantitative estimate of drug-likeness (QED) is 0.808. The molecule has 1 amide bonds. The van der Waals surface area contributed by atoms with Crippen molar-refractivity contribution in [2.75, 3.05) is 12.4 Å². The lowest BCUT2D eigenvalue weighted by molar-refractivity contribution is 0.102. The SMILES string of the molecule is COc1cccc(C(=O)Nc2ccc3c(c2)sc(=O)n3C)c1. The lowest BCUT2D eigenvalue weighted by Gasteiger charge is -2.07. The van der Waals surface area contributed by atoms with Gasteiger partial charge < -0.3 is 14.6 Å². The lowest BCUT2D eigenvalue weighted by Crippen LogP contribution is -2.11. The molecule has 6 heteroatoms. The number of aryl methyl sites for hydroxylation is 1. The van der Waals surface area contributed by atoms with Crippen molar-refractivity contribution in [3.05, 3.63) is 57.7 Å². The van der Waals surface area contributed by atoms with Crippen molar-refractivity contribution < 1.29 is 9.53 Å². The molecule has 2 aromatic carbocycles. The Hall–Kier alpha value is -2.60. The fraction of sp³-hybridized carbons (Fsp3) is 0.125. The summed E-state index contributed by atoms with van der Waals surface area (Å²) in [6, 6.07) is 12.4. The number of rotatable bonds is 3. The van der Waals surface area contributed by atoms with Crippen molar-refractivity contribution in [3.8, 4) is 5.75 Å². The van der Waals surface area contributed by atoms with E-state index in [1.54, 1.807) is 55.1 Å². The van der Waals surface area contributed by atoms with Crippen molar-refractivity contribution in [2.24, 2.45) is 7.05 Å². The Labute approximate surface area is 130 Å². The van der Waals surface area contributed by atoms with E-state index in [2.05, 4.69) is 5.32 Å². The minimum absolute atomic E-state index is 0.0220. The normalized spacial score (nSPS) is 10.6. The van der Waals surface area contributed by atoms with Crippen LogP contribution in [0, 0.1) is 0 Å². The molecule has 0 aliphatic rings. The molecule has 0 fully saturated rings. The van der Waals surface area contributed by atoms with Crippen molar-refractivity contribution in [2.45, 2.75) is 0 Å². The van der Waals surface area contributed by atoms with E-state index in [1.165, 1.54) is 0 Å². The molecule has 1 N–H and O–H groups in total. The maximum absolute atomic E-state index is 12.3. The molecule has 0 aliphatic carbocycles. The number of benzene rings is 2. The van der Waals surface area contributed by atoms with Crippen LogP contribution in [-0.2, 0) is 7.05 Å². The Kier molecular flexibility index (Phi) is 3.68. The van der Waals surface area contributed by atoms with Gasteiger partial charge in [-0.3, -0.25) is 9.59 Å². The second kappa shape index (κ2) is 5.65. The number of amides is 1. The summed E-state index contributed by atoms with van der Waals surface area (Å²) in [5, 5.41) is 2.83. The number of aromatic nitrogens is 1. The number of hydrogen-bond acceptors (Lipinski definition) is 4. The van der Waals surface area contributed by atoms with Crippen molar-refractivity contribution in [3.63, 3.8) is 0 Å². The molecule has 1 heterocycles. The average molecular weight is 314 g/mol. The van der Waals surface area contributed by atoms with E-state index in [0.717, 1.165) is 21.6 Å². The van der Waals surface area contributed by atoms with Crippen LogP contribution in [-0.4, -0.2) is 17.6 Å². The number of nitrogens with zero attached hydrogens (tertiary/aromatic N) is 1. The van der Waals surface area contributed by atoms with E-state index in [9.17, 15) is 9.59 Å². The topological polar surface area (TPSA) is 60.3 Å². The summed E-state index contributed by atoms with van der Waals surface area (Å²) in [5.41, 5.74) is 2.03. The zero-order chi connectivity index (χ0) is 15.7. The predicted octanol–water partition coefficient (Wildman–Crippen LogP) is 2.86. The number of fused-ring (bicyclic) bond motifs is 1. The number of nitrogens with one attached hydrogen (secondary N) is 1. The fourth-order valence-electron chi connectivity index (χ4n) is 2.18. The van der Waals surface area contributed by atoms with Gasteiger partial charge in [0.05, 0.1) is 17.3 Å². The maximum atomic E-state index is 12.3. The summed E-state index contributed by atoms with van der Waals surface area (Å²) >= 11 is 1.16. The van der Waals surface area contributed by atoms with Crippen molar-refractivity contribution >= 4 is 33.1 Å². The summed E-state index contributed by atoms with van der Waals surface area (Å²) in [7, 11) is 3.29. The molecule has 0 bridgehead atoms. The number of anilines is 1. The third-order valence-electron chi connectivity index (χ3n) is 3.38. The van der Waals surface area contributed by atoms with E-state index < -0.39 is 0 Å². The number of hydrogen-bond donors (Lipinski definition) is 1. The highest BCUT2D eigenvalue weighted by Gasteiger charge is 2.09. The lowest BCUT2D eigenvalue weighted by atomic mass is 10.2. The van der Waals surface area contributed by atoms with E-state index in [-0.39, 0.29) is 10.8 Å². The average Bonchev–Trinajstić information content (AvgIpc) is 2.81. The minimum atomic E-state index is -0.221. The zero-order valence-corrected chi connectivity index (χ0v) is 12.9. The molecule has 5 nitrogen and oxygen atoms in total. The second-order valence-electron chi connectivity index (χ2n) is 4.80. The highest BCUT2D eigenvalue weighted by atomic mass is 32.1. The Balaban J connectivity index is 1.88. The van der Waals surface area contributed by atoms with Gasteiger partial charge in [0.25, 0.3) is 5.91 Å². The number of carbonyl (C=O) groups is 1. The summed E-state index contributed by atoms with van der Waals surface area (Å²) in [6.45, 7) is 0. The van der Waals surface area contributed by atoms with E-state index in [0.29, 0.717) is 17.0 Å². The molecular formula is C16H14N2O3S. The monoisotopic (exact) mass is 314 g/mol. The highest BCUT2D eigenvalue weighted by molar-refractivity contribution is 7.16. The molecule has 3 rings (SSSR count). The predicted molar refractivity (Wildman–Crippen MR) is 88.0 cm³/mol. The van der Waals surface area contributed by atoms with Gasteiger partial charge >= 0.3 is 4.87 Å². The van der Waals surface area contributed by atoms with Crippen LogP contribution in [0.15, 0.2) is 47.3 Å². The van der Waals surface area contributed by atoms with Crippen LogP contribution >= 0.6 is 11.3 Å². The van der Waals surface area contributed by atoms with Gasteiger partial charge in [-0.2, -0.15) is 0 Å². The molecule has 0 spiro atoms. The summed E-state index contributed by atoms with van der Waals surface area (Å²) in [6.07, 6.45) is 0. The Bertz CT molecular complexity index is 911. The third kappa shape index (κ3) is 2.60. The standard InChI is InChI=1S/C16H14N2O3S/c1-18-13-7-6-11(9-14(13)22-16(18)20)17-15(19)10-4-3-5-12(8-10)21-2/h3-9H,1-2H3,(H,17,19). The van der Waals surface area contributed by atoms with Crippen LogP contribution in [0.4, 0.5) is 5.69 Å². The van der Waals surface area contributed by atoms with Gasteiger partial charge in [-0.25, -0.2) is 0 Å². The Morgan fingerprint density at radius 3 is 2.82 bits per heavy atom. The molecular weight excluding hydrogens is 300 g/mol. The van der Waals surface area contributed by atoms with Crippen LogP contribution < -0.4 is 14.9 Å². The Morgan fingerprint density at radius 2 is 2.05 bits per heavy atom. The zero-order valence-electron chi connectivity index (χ0n) is 12.1. The summed E-state index contributed by atoms with van der Waals surface area (Å²) in [4.78, 5) is 23.9. The molecule has 22 heavy (non-hydrogen) atoms. The molecule has 112 valence electrons. The summed E-state index contributed by atoms with van der Waals surface area (Å²) in [5.74, 6) is 0.408.